The molecule has 1 aliphatic heterocycles. The van der Waals surface area contributed by atoms with Crippen LogP contribution < -0.4 is 14.8 Å². The Bertz CT molecular complexity index is 928. The summed E-state index contributed by atoms with van der Waals surface area (Å²) in [7, 11) is 0. The van der Waals surface area contributed by atoms with Crippen molar-refractivity contribution in [3.8, 4) is 11.5 Å². The summed E-state index contributed by atoms with van der Waals surface area (Å²) < 4.78 is 12.8. The van der Waals surface area contributed by atoms with Crippen molar-refractivity contribution in [3.05, 3.63) is 48.4 Å². The molecular weight excluding hydrogens is 352 g/mol. The van der Waals surface area contributed by atoms with E-state index in [-0.39, 0.29) is 5.91 Å². The van der Waals surface area contributed by atoms with Gasteiger partial charge in [0.2, 0.25) is 5.91 Å². The molecule has 4 rings (SSSR count). The summed E-state index contributed by atoms with van der Waals surface area (Å²) in [6, 6.07) is 7.68. The average Bonchev–Trinajstić information content (AvgIpc) is 3.09. The first-order valence-corrected chi connectivity index (χ1v) is 9.34. The Balaban J connectivity index is 1.25. The molecule has 0 saturated carbocycles. The second-order valence-corrected chi connectivity index (χ2v) is 6.91. The Morgan fingerprint density at radius 3 is 3.08 bits per heavy atom. The van der Waals surface area contributed by atoms with E-state index in [1.165, 1.54) is 0 Å². The number of fused-ring (bicyclic) bond motifs is 2. The Hall–Kier alpha value is -2.74. The van der Waals surface area contributed by atoms with E-state index >= 15 is 0 Å². The highest BCUT2D eigenvalue weighted by molar-refractivity contribution is 7.99. The quantitative estimate of drug-likeness (QED) is 0.671. The summed E-state index contributed by atoms with van der Waals surface area (Å²) in [6.07, 6.45) is 5.71. The van der Waals surface area contributed by atoms with Crippen LogP contribution in [0.2, 0.25) is 0 Å². The monoisotopic (exact) mass is 370 g/mol. The van der Waals surface area contributed by atoms with Gasteiger partial charge in [-0.3, -0.25) is 4.79 Å². The Kier molecular flexibility index (Phi) is 4.92. The van der Waals surface area contributed by atoms with Crippen molar-refractivity contribution in [1.29, 1.82) is 0 Å². The predicted octanol–water partition coefficient (Wildman–Crippen LogP) is 2.30. The standard InChI is InChI=1S/C18H18N4O3S/c23-17(20-11-13-12-21-22-6-1-5-19-18(13)22)4-9-26-14-2-3-15-16(10-14)25-8-7-24-15/h1-3,5-6,10,12H,4,7-9,11H2,(H,20,23). The third-order valence-corrected chi connectivity index (χ3v) is 4.94. The molecule has 0 bridgehead atoms. The summed E-state index contributed by atoms with van der Waals surface area (Å²) >= 11 is 1.62. The average molecular weight is 370 g/mol. The van der Waals surface area contributed by atoms with E-state index in [1.54, 1.807) is 28.7 Å². The second kappa shape index (κ2) is 7.65. The molecule has 0 atom stereocenters. The minimum atomic E-state index is 0.00493. The zero-order valence-corrected chi connectivity index (χ0v) is 14.9. The molecule has 1 aromatic carbocycles. The molecule has 0 aliphatic carbocycles. The van der Waals surface area contributed by atoms with Crippen molar-refractivity contribution in [2.45, 2.75) is 17.9 Å². The number of aromatic nitrogens is 3. The highest BCUT2D eigenvalue weighted by Gasteiger charge is 2.12. The number of rotatable bonds is 6. The molecule has 0 spiro atoms. The van der Waals surface area contributed by atoms with E-state index in [9.17, 15) is 4.79 Å². The van der Waals surface area contributed by atoms with Gasteiger partial charge in [0.1, 0.15) is 13.2 Å². The zero-order valence-electron chi connectivity index (χ0n) is 14.1. The summed E-state index contributed by atoms with van der Waals surface area (Å²) in [4.78, 5) is 17.4. The summed E-state index contributed by atoms with van der Waals surface area (Å²) in [6.45, 7) is 1.58. The van der Waals surface area contributed by atoms with E-state index < -0.39 is 0 Å². The maximum absolute atomic E-state index is 12.1. The number of hydrogen-bond acceptors (Lipinski definition) is 6. The first-order chi connectivity index (χ1) is 12.8. The van der Waals surface area contributed by atoms with Gasteiger partial charge in [-0.1, -0.05) is 0 Å². The molecule has 2 aromatic heterocycles. The van der Waals surface area contributed by atoms with Crippen molar-refractivity contribution < 1.29 is 14.3 Å². The number of thioether (sulfide) groups is 1. The minimum Gasteiger partial charge on any atom is -0.486 e. The number of nitrogens with zero attached hydrogens (tertiary/aromatic N) is 3. The molecule has 0 fully saturated rings. The second-order valence-electron chi connectivity index (χ2n) is 5.74. The Morgan fingerprint density at radius 2 is 2.15 bits per heavy atom. The highest BCUT2D eigenvalue weighted by atomic mass is 32.2. The Morgan fingerprint density at radius 1 is 1.27 bits per heavy atom. The van der Waals surface area contributed by atoms with Gasteiger partial charge in [-0.25, -0.2) is 9.50 Å². The van der Waals surface area contributed by atoms with Crippen molar-refractivity contribution in [3.63, 3.8) is 0 Å². The zero-order chi connectivity index (χ0) is 17.8. The van der Waals surface area contributed by atoms with E-state index in [0.29, 0.717) is 31.9 Å². The third-order valence-electron chi connectivity index (χ3n) is 3.94. The van der Waals surface area contributed by atoms with Crippen molar-refractivity contribution >= 4 is 23.3 Å². The fourth-order valence-corrected chi connectivity index (χ4v) is 3.54. The molecule has 8 heteroatoms. The summed E-state index contributed by atoms with van der Waals surface area (Å²) in [5.41, 5.74) is 1.66. The normalized spacial score (nSPS) is 12.9. The van der Waals surface area contributed by atoms with Crippen LogP contribution in [0.1, 0.15) is 12.0 Å². The maximum atomic E-state index is 12.1. The van der Waals surface area contributed by atoms with Gasteiger partial charge in [0.25, 0.3) is 0 Å². The molecular formula is C18H18N4O3S. The molecule has 0 radical (unpaired) electrons. The van der Waals surface area contributed by atoms with Crippen LogP contribution in [-0.2, 0) is 11.3 Å². The lowest BCUT2D eigenvalue weighted by Gasteiger charge is -2.18. The topological polar surface area (TPSA) is 77.8 Å². The number of ether oxygens (including phenoxy) is 2. The lowest BCUT2D eigenvalue weighted by atomic mass is 10.3. The fraction of sp³-hybridized carbons (Fsp3) is 0.278. The van der Waals surface area contributed by atoms with Gasteiger partial charge in [-0.2, -0.15) is 5.10 Å². The third kappa shape index (κ3) is 3.75. The SMILES string of the molecule is O=C(CCSc1ccc2c(c1)OCCO2)NCc1cnn2cccnc12. The molecule has 0 unspecified atom stereocenters. The molecule has 26 heavy (non-hydrogen) atoms. The van der Waals surface area contributed by atoms with Crippen LogP contribution in [0.25, 0.3) is 5.65 Å². The number of benzene rings is 1. The van der Waals surface area contributed by atoms with E-state index in [2.05, 4.69) is 15.4 Å². The van der Waals surface area contributed by atoms with Crippen molar-refractivity contribution in [2.24, 2.45) is 0 Å². The summed E-state index contributed by atoms with van der Waals surface area (Å²) in [5, 5.41) is 7.13. The smallest absolute Gasteiger partial charge is 0.221 e. The lowest BCUT2D eigenvalue weighted by molar-refractivity contribution is -0.120. The van der Waals surface area contributed by atoms with Crippen LogP contribution in [0, 0.1) is 0 Å². The van der Waals surface area contributed by atoms with Gasteiger partial charge in [-0.15, -0.1) is 11.8 Å². The van der Waals surface area contributed by atoms with Gasteiger partial charge in [0.05, 0.1) is 6.20 Å². The molecule has 1 amide bonds. The molecule has 134 valence electrons. The van der Waals surface area contributed by atoms with E-state index in [1.807, 2.05) is 30.5 Å². The maximum Gasteiger partial charge on any atom is 0.221 e. The molecule has 3 aromatic rings. The molecule has 3 heterocycles. The van der Waals surface area contributed by atoms with Gasteiger partial charge >= 0.3 is 0 Å². The van der Waals surface area contributed by atoms with Gasteiger partial charge in [0, 0.05) is 41.6 Å². The molecule has 1 aliphatic rings. The predicted molar refractivity (Wildman–Crippen MR) is 97.6 cm³/mol. The van der Waals surface area contributed by atoms with Crippen LogP contribution in [0.15, 0.2) is 47.8 Å². The van der Waals surface area contributed by atoms with Crippen LogP contribution in [-0.4, -0.2) is 39.5 Å². The first kappa shape index (κ1) is 16.7. The number of carbonyl (C=O) groups excluding carboxylic acids is 1. The number of hydrogen-bond donors (Lipinski definition) is 1. The minimum absolute atomic E-state index is 0.00493. The fourth-order valence-electron chi connectivity index (χ4n) is 2.66. The lowest BCUT2D eigenvalue weighted by Crippen LogP contribution is -2.23. The van der Waals surface area contributed by atoms with Crippen LogP contribution in [0.3, 0.4) is 0 Å². The highest BCUT2D eigenvalue weighted by Crippen LogP contribution is 2.34. The van der Waals surface area contributed by atoms with Crippen molar-refractivity contribution in [1.82, 2.24) is 19.9 Å². The number of amides is 1. The van der Waals surface area contributed by atoms with E-state index in [0.717, 1.165) is 27.6 Å². The summed E-state index contributed by atoms with van der Waals surface area (Å²) in [5.74, 6) is 2.25. The largest absolute Gasteiger partial charge is 0.486 e. The number of nitrogens with one attached hydrogen (secondary N) is 1. The van der Waals surface area contributed by atoms with Crippen LogP contribution >= 0.6 is 11.8 Å². The molecule has 1 N–H and O–H groups in total. The van der Waals surface area contributed by atoms with Crippen molar-refractivity contribution in [2.75, 3.05) is 19.0 Å². The molecule has 7 nitrogen and oxygen atoms in total. The van der Waals surface area contributed by atoms with Gasteiger partial charge in [0.15, 0.2) is 17.1 Å². The van der Waals surface area contributed by atoms with E-state index in [4.69, 9.17) is 9.47 Å². The molecule has 0 saturated heterocycles. The number of carbonyl (C=O) groups is 1. The van der Waals surface area contributed by atoms with Crippen LogP contribution in [0.4, 0.5) is 0 Å². The Labute approximate surface area is 154 Å². The van der Waals surface area contributed by atoms with Crippen LogP contribution in [0.5, 0.6) is 11.5 Å². The van der Waals surface area contributed by atoms with Gasteiger partial charge < -0.3 is 14.8 Å². The van der Waals surface area contributed by atoms with Gasteiger partial charge in [-0.05, 0) is 24.3 Å². The first-order valence-electron chi connectivity index (χ1n) is 8.36.